The van der Waals surface area contributed by atoms with E-state index in [9.17, 15) is 23.1 Å². The summed E-state index contributed by atoms with van der Waals surface area (Å²) >= 11 is 6.10. The van der Waals surface area contributed by atoms with Gasteiger partial charge in [-0.1, -0.05) is 23.7 Å². The number of rotatable bonds is 4. The molecule has 9 heteroatoms. The van der Waals surface area contributed by atoms with Gasteiger partial charge in [0.15, 0.2) is 0 Å². The molecule has 26 heavy (non-hydrogen) atoms. The zero-order valence-corrected chi connectivity index (χ0v) is 15.0. The van der Waals surface area contributed by atoms with E-state index in [0.29, 0.717) is 16.5 Å². The van der Waals surface area contributed by atoms with Crippen molar-refractivity contribution in [2.75, 3.05) is 4.72 Å². The first kappa shape index (κ1) is 18.0. The number of carboxylic acids is 1. The van der Waals surface area contributed by atoms with Crippen LogP contribution in [0.3, 0.4) is 0 Å². The highest BCUT2D eigenvalue weighted by Gasteiger charge is 2.22. The van der Waals surface area contributed by atoms with Crippen LogP contribution >= 0.6 is 11.6 Å². The maximum absolute atomic E-state index is 12.8. The molecule has 3 N–H and O–H groups in total. The van der Waals surface area contributed by atoms with Crippen molar-refractivity contribution in [1.29, 1.82) is 0 Å². The Kier molecular flexibility index (Phi) is 4.47. The summed E-state index contributed by atoms with van der Waals surface area (Å²) in [7, 11) is -4.16. The van der Waals surface area contributed by atoms with Crippen molar-refractivity contribution in [3.05, 3.63) is 69.0 Å². The van der Waals surface area contributed by atoms with Crippen LogP contribution in [0.5, 0.6) is 0 Å². The Balaban J connectivity index is 2.15. The number of aromatic carboxylic acids is 1. The molecule has 0 amide bonds. The number of hydrogen-bond acceptors (Lipinski definition) is 4. The van der Waals surface area contributed by atoms with Gasteiger partial charge in [0.25, 0.3) is 10.0 Å². The molecule has 0 unspecified atom stereocenters. The maximum Gasteiger partial charge on any atom is 0.337 e. The SMILES string of the molecule is Cc1cc(=O)[nH]c2cc(Cl)c(S(=O)(=O)Nc3ccccc3C(=O)O)cc12. The number of halogens is 1. The lowest BCUT2D eigenvalue weighted by molar-refractivity contribution is 0.0698. The van der Waals surface area contributed by atoms with Crippen LogP contribution in [0.15, 0.2) is 52.2 Å². The number of para-hydroxylation sites is 1. The van der Waals surface area contributed by atoms with Crippen molar-refractivity contribution in [2.24, 2.45) is 0 Å². The third-order valence-electron chi connectivity index (χ3n) is 3.79. The molecule has 0 atom stereocenters. The number of aromatic amines is 1. The number of pyridine rings is 1. The number of aromatic nitrogens is 1. The topological polar surface area (TPSA) is 116 Å². The molecule has 0 saturated heterocycles. The van der Waals surface area contributed by atoms with E-state index in [0.717, 1.165) is 0 Å². The number of sulfonamides is 1. The highest BCUT2D eigenvalue weighted by molar-refractivity contribution is 7.92. The van der Waals surface area contributed by atoms with E-state index in [-0.39, 0.29) is 26.7 Å². The summed E-state index contributed by atoms with van der Waals surface area (Å²) in [5, 5.41) is 9.61. The number of anilines is 1. The molecule has 3 rings (SSSR count). The largest absolute Gasteiger partial charge is 0.478 e. The molecular formula is C17H13ClN2O5S. The molecule has 0 aliphatic carbocycles. The second-order valence-corrected chi connectivity index (χ2v) is 7.66. The van der Waals surface area contributed by atoms with Gasteiger partial charge in [-0.2, -0.15) is 0 Å². The highest BCUT2D eigenvalue weighted by Crippen LogP contribution is 2.29. The zero-order chi connectivity index (χ0) is 19.1. The summed E-state index contributed by atoms with van der Waals surface area (Å²) in [6.07, 6.45) is 0. The first-order chi connectivity index (χ1) is 12.2. The Bertz CT molecular complexity index is 1200. The van der Waals surface area contributed by atoms with Gasteiger partial charge in [-0.05, 0) is 36.8 Å². The molecule has 7 nitrogen and oxygen atoms in total. The van der Waals surface area contributed by atoms with Crippen molar-refractivity contribution in [1.82, 2.24) is 4.98 Å². The van der Waals surface area contributed by atoms with Crippen molar-refractivity contribution >= 4 is 44.2 Å². The molecule has 0 aliphatic heterocycles. The van der Waals surface area contributed by atoms with Crippen LogP contribution in [0.4, 0.5) is 5.69 Å². The molecule has 0 spiro atoms. The minimum atomic E-state index is -4.16. The molecule has 3 aromatic rings. The number of hydrogen-bond donors (Lipinski definition) is 3. The van der Waals surface area contributed by atoms with Gasteiger partial charge in [-0.3, -0.25) is 9.52 Å². The number of fused-ring (bicyclic) bond motifs is 1. The fraction of sp³-hybridized carbons (Fsp3) is 0.0588. The van der Waals surface area contributed by atoms with Gasteiger partial charge in [0.05, 0.1) is 21.8 Å². The molecule has 1 aromatic heterocycles. The van der Waals surface area contributed by atoms with Crippen LogP contribution in [0.1, 0.15) is 15.9 Å². The fourth-order valence-electron chi connectivity index (χ4n) is 2.59. The number of benzene rings is 2. The predicted molar refractivity (Wildman–Crippen MR) is 98.5 cm³/mol. The van der Waals surface area contributed by atoms with Crippen molar-refractivity contribution in [3.63, 3.8) is 0 Å². The molecule has 134 valence electrons. The summed E-state index contributed by atoms with van der Waals surface area (Å²) < 4.78 is 27.8. The van der Waals surface area contributed by atoms with E-state index in [1.54, 1.807) is 6.92 Å². The van der Waals surface area contributed by atoms with Gasteiger partial charge >= 0.3 is 5.97 Å². The minimum absolute atomic E-state index is 0.0747. The first-order valence-electron chi connectivity index (χ1n) is 7.37. The molecule has 0 saturated carbocycles. The molecular weight excluding hydrogens is 380 g/mol. The lowest BCUT2D eigenvalue weighted by atomic mass is 10.1. The van der Waals surface area contributed by atoms with Crippen LogP contribution < -0.4 is 10.3 Å². The Morgan fingerprint density at radius 2 is 1.88 bits per heavy atom. The van der Waals surface area contributed by atoms with Gasteiger partial charge in [0.2, 0.25) is 5.56 Å². The Hall–Kier alpha value is -2.84. The van der Waals surface area contributed by atoms with Crippen LogP contribution in [0.25, 0.3) is 10.9 Å². The third kappa shape index (κ3) is 3.29. The summed E-state index contributed by atoms with van der Waals surface area (Å²) in [4.78, 5) is 25.2. The van der Waals surface area contributed by atoms with Gasteiger partial charge in [0, 0.05) is 11.5 Å². The second kappa shape index (κ2) is 6.47. The number of carboxylic acid groups (broad SMARTS) is 1. The molecule has 0 bridgehead atoms. The number of carbonyl (C=O) groups is 1. The van der Waals surface area contributed by atoms with Crippen LogP contribution in [0.2, 0.25) is 5.02 Å². The fourth-order valence-corrected chi connectivity index (χ4v) is 4.23. The quantitative estimate of drug-likeness (QED) is 0.631. The van der Waals surface area contributed by atoms with E-state index in [1.807, 2.05) is 0 Å². The van der Waals surface area contributed by atoms with Crippen molar-refractivity contribution in [3.8, 4) is 0 Å². The van der Waals surface area contributed by atoms with Crippen LogP contribution in [-0.2, 0) is 10.0 Å². The normalized spacial score (nSPS) is 11.5. The summed E-state index contributed by atoms with van der Waals surface area (Å²) in [5.74, 6) is -1.26. The first-order valence-corrected chi connectivity index (χ1v) is 9.23. The molecule has 2 aromatic carbocycles. The van der Waals surface area contributed by atoms with Gasteiger partial charge in [-0.25, -0.2) is 13.2 Å². The Labute approximate surface area is 153 Å². The van der Waals surface area contributed by atoms with Crippen LogP contribution in [0, 0.1) is 6.92 Å². The van der Waals surface area contributed by atoms with E-state index < -0.39 is 16.0 Å². The molecule has 0 radical (unpaired) electrons. The predicted octanol–water partition coefficient (Wildman–Crippen LogP) is 2.99. The van der Waals surface area contributed by atoms with Gasteiger partial charge in [-0.15, -0.1) is 0 Å². The standard InChI is InChI=1S/C17H13ClN2O5S/c1-9-6-16(21)19-14-8-12(18)15(7-11(9)14)26(24,25)20-13-5-3-2-4-10(13)17(22)23/h2-8,20H,1H3,(H,19,21)(H,22,23). The molecule has 0 aliphatic rings. The van der Waals surface area contributed by atoms with Crippen LogP contribution in [-0.4, -0.2) is 24.5 Å². The van der Waals surface area contributed by atoms with E-state index in [2.05, 4.69) is 9.71 Å². The summed E-state index contributed by atoms with van der Waals surface area (Å²) in [5.41, 5.74) is 0.408. The van der Waals surface area contributed by atoms with E-state index in [4.69, 9.17) is 11.6 Å². The Morgan fingerprint density at radius 1 is 1.19 bits per heavy atom. The lowest BCUT2D eigenvalue weighted by Crippen LogP contribution is -2.16. The number of nitrogens with one attached hydrogen (secondary N) is 2. The molecule has 0 fully saturated rings. The summed E-state index contributed by atoms with van der Waals surface area (Å²) in [6, 6.07) is 9.68. The average molecular weight is 393 g/mol. The lowest BCUT2D eigenvalue weighted by Gasteiger charge is -2.13. The van der Waals surface area contributed by atoms with Crippen molar-refractivity contribution in [2.45, 2.75) is 11.8 Å². The third-order valence-corrected chi connectivity index (χ3v) is 5.62. The monoisotopic (exact) mass is 392 g/mol. The smallest absolute Gasteiger partial charge is 0.337 e. The van der Waals surface area contributed by atoms with E-state index in [1.165, 1.54) is 42.5 Å². The minimum Gasteiger partial charge on any atom is -0.478 e. The highest BCUT2D eigenvalue weighted by atomic mass is 35.5. The van der Waals surface area contributed by atoms with E-state index >= 15 is 0 Å². The Morgan fingerprint density at radius 3 is 2.58 bits per heavy atom. The average Bonchev–Trinajstić information content (AvgIpc) is 2.53. The molecule has 1 heterocycles. The number of aryl methyl sites for hydroxylation is 1. The van der Waals surface area contributed by atoms with Crippen molar-refractivity contribution < 1.29 is 18.3 Å². The van der Waals surface area contributed by atoms with Gasteiger partial charge in [0.1, 0.15) is 4.90 Å². The second-order valence-electron chi connectivity index (χ2n) is 5.60. The number of H-pyrrole nitrogens is 1. The van der Waals surface area contributed by atoms with Gasteiger partial charge < -0.3 is 10.1 Å². The maximum atomic E-state index is 12.8. The summed E-state index contributed by atoms with van der Waals surface area (Å²) in [6.45, 7) is 1.68. The zero-order valence-electron chi connectivity index (χ0n) is 13.4.